The van der Waals surface area contributed by atoms with Gasteiger partial charge in [-0.15, -0.1) is 0 Å². The summed E-state index contributed by atoms with van der Waals surface area (Å²) in [5, 5.41) is 7.02. The average Bonchev–Trinajstić information content (AvgIpc) is 3.36. The second-order valence-corrected chi connectivity index (χ2v) is 7.55. The highest BCUT2D eigenvalue weighted by Gasteiger charge is 2.31. The van der Waals surface area contributed by atoms with E-state index in [4.69, 9.17) is 4.52 Å². The van der Waals surface area contributed by atoms with Gasteiger partial charge in [-0.1, -0.05) is 17.3 Å². The van der Waals surface area contributed by atoms with Gasteiger partial charge in [0.15, 0.2) is 5.82 Å². The Bertz CT molecular complexity index is 1160. The quantitative estimate of drug-likeness (QED) is 0.655. The second kappa shape index (κ2) is 7.25. The van der Waals surface area contributed by atoms with Gasteiger partial charge in [-0.3, -0.25) is 14.2 Å². The van der Waals surface area contributed by atoms with E-state index in [1.54, 1.807) is 11.1 Å². The molecular formula is C21H20N6O3. The number of imidazole rings is 1. The summed E-state index contributed by atoms with van der Waals surface area (Å²) in [7, 11) is 0. The number of amides is 2. The van der Waals surface area contributed by atoms with Crippen molar-refractivity contribution in [3.63, 3.8) is 0 Å². The molecule has 0 atom stereocenters. The van der Waals surface area contributed by atoms with Gasteiger partial charge in [-0.2, -0.15) is 4.98 Å². The van der Waals surface area contributed by atoms with E-state index < -0.39 is 0 Å². The fourth-order valence-corrected chi connectivity index (χ4v) is 3.67. The zero-order chi connectivity index (χ0) is 20.7. The number of fused-ring (bicyclic) bond motifs is 1. The Balaban J connectivity index is 1.36. The first-order valence-electron chi connectivity index (χ1n) is 9.80. The molecule has 0 unspecified atom stereocenters. The fourth-order valence-electron chi connectivity index (χ4n) is 3.67. The van der Waals surface area contributed by atoms with Crippen LogP contribution in [0.1, 0.15) is 40.0 Å². The topological polar surface area (TPSA) is 106 Å². The molecule has 2 amide bonds. The van der Waals surface area contributed by atoms with Crippen LogP contribution in [0.2, 0.25) is 0 Å². The lowest BCUT2D eigenvalue weighted by Gasteiger charge is -2.33. The number of hydrogen-bond donors (Lipinski definition) is 1. The Morgan fingerprint density at radius 2 is 2.20 bits per heavy atom. The molecule has 0 spiro atoms. The average molecular weight is 404 g/mol. The number of hydrogen-bond acceptors (Lipinski definition) is 6. The maximum atomic E-state index is 12.9. The minimum absolute atomic E-state index is 0.0958. The van der Waals surface area contributed by atoms with E-state index in [1.165, 1.54) is 0 Å². The summed E-state index contributed by atoms with van der Waals surface area (Å²) in [5.74, 6) is 1.73. The van der Waals surface area contributed by atoms with Gasteiger partial charge >= 0.3 is 0 Å². The monoisotopic (exact) mass is 404 g/mol. The van der Waals surface area contributed by atoms with Crippen LogP contribution < -0.4 is 5.32 Å². The van der Waals surface area contributed by atoms with Crippen molar-refractivity contribution in [3.05, 3.63) is 53.4 Å². The number of nitrogens with one attached hydrogen (secondary N) is 1. The van der Waals surface area contributed by atoms with Crippen LogP contribution in [0.5, 0.6) is 0 Å². The molecule has 9 nitrogen and oxygen atoms in total. The third-order valence-corrected chi connectivity index (χ3v) is 5.49. The van der Waals surface area contributed by atoms with Gasteiger partial charge in [0.2, 0.25) is 6.41 Å². The molecule has 0 saturated carbocycles. The molecule has 2 aliphatic rings. The SMILES string of the molecule is Cc1ccc(-c2nc(C3CN(C=O)C3)no2)cc1NC(=O)c1cnc2n1C=CCC2. The van der Waals surface area contributed by atoms with Crippen molar-refractivity contribution >= 4 is 24.2 Å². The number of benzene rings is 1. The Morgan fingerprint density at radius 1 is 1.33 bits per heavy atom. The van der Waals surface area contributed by atoms with Gasteiger partial charge in [0.1, 0.15) is 11.5 Å². The van der Waals surface area contributed by atoms with E-state index in [-0.39, 0.29) is 11.8 Å². The molecule has 2 aromatic heterocycles. The first kappa shape index (κ1) is 18.3. The summed E-state index contributed by atoms with van der Waals surface area (Å²) in [6.07, 6.45) is 8.09. The predicted molar refractivity (Wildman–Crippen MR) is 109 cm³/mol. The fraction of sp³-hybridized carbons (Fsp3) is 0.286. The molecule has 1 N–H and O–H groups in total. The van der Waals surface area contributed by atoms with Crippen molar-refractivity contribution in [1.82, 2.24) is 24.6 Å². The number of aromatic nitrogens is 4. The summed E-state index contributed by atoms with van der Waals surface area (Å²) in [4.78, 5) is 34.1. The van der Waals surface area contributed by atoms with Crippen LogP contribution in [0.3, 0.4) is 0 Å². The smallest absolute Gasteiger partial charge is 0.274 e. The second-order valence-electron chi connectivity index (χ2n) is 7.55. The Morgan fingerprint density at radius 3 is 3.03 bits per heavy atom. The number of carbonyl (C=O) groups excluding carboxylic acids is 2. The number of nitrogens with zero attached hydrogens (tertiary/aromatic N) is 5. The minimum Gasteiger partial charge on any atom is -0.344 e. The van der Waals surface area contributed by atoms with Crippen molar-refractivity contribution in [1.29, 1.82) is 0 Å². The zero-order valence-corrected chi connectivity index (χ0v) is 16.4. The standard InChI is InChI=1S/C21H20N6O3/c1-13-5-6-14(21-24-19(25-30-21)15-10-26(11-15)12-28)8-16(13)23-20(29)17-9-22-18-4-2-3-7-27(17)18/h3,5-9,12,15H,2,4,10-11H2,1H3,(H,23,29). The van der Waals surface area contributed by atoms with E-state index in [0.29, 0.717) is 36.2 Å². The maximum absolute atomic E-state index is 12.9. The predicted octanol–water partition coefficient (Wildman–Crippen LogP) is 2.47. The van der Waals surface area contributed by atoms with E-state index in [0.717, 1.165) is 36.2 Å². The van der Waals surface area contributed by atoms with Gasteiger partial charge < -0.3 is 14.7 Å². The molecule has 9 heteroatoms. The summed E-state index contributed by atoms with van der Waals surface area (Å²) in [5.41, 5.74) is 2.80. The van der Waals surface area contributed by atoms with Gasteiger partial charge in [-0.25, -0.2) is 4.98 Å². The van der Waals surface area contributed by atoms with Crippen molar-refractivity contribution in [2.24, 2.45) is 0 Å². The molecule has 0 bridgehead atoms. The third-order valence-electron chi connectivity index (χ3n) is 5.49. The van der Waals surface area contributed by atoms with Crippen molar-refractivity contribution < 1.29 is 14.1 Å². The molecule has 3 aromatic rings. The van der Waals surface area contributed by atoms with Crippen LogP contribution in [0.15, 0.2) is 35.0 Å². The first-order valence-corrected chi connectivity index (χ1v) is 9.80. The van der Waals surface area contributed by atoms with E-state index in [9.17, 15) is 9.59 Å². The van der Waals surface area contributed by atoms with E-state index in [2.05, 4.69) is 20.4 Å². The van der Waals surface area contributed by atoms with Gasteiger partial charge in [-0.05, 0) is 31.0 Å². The normalized spacial score (nSPS) is 15.6. The minimum atomic E-state index is -0.227. The lowest BCUT2D eigenvalue weighted by atomic mass is 10.0. The highest BCUT2D eigenvalue weighted by Crippen LogP contribution is 2.28. The number of aryl methyl sites for hydroxylation is 2. The molecule has 2 aliphatic heterocycles. The van der Waals surface area contributed by atoms with Gasteiger partial charge in [0.05, 0.1) is 12.1 Å². The van der Waals surface area contributed by atoms with Crippen molar-refractivity contribution in [2.45, 2.75) is 25.7 Å². The van der Waals surface area contributed by atoms with Crippen molar-refractivity contribution in [3.8, 4) is 11.5 Å². The molecule has 1 aromatic carbocycles. The van der Waals surface area contributed by atoms with Gasteiger partial charge in [0.25, 0.3) is 11.8 Å². The molecular weight excluding hydrogens is 384 g/mol. The van der Waals surface area contributed by atoms with Crippen LogP contribution in [0.4, 0.5) is 5.69 Å². The highest BCUT2D eigenvalue weighted by molar-refractivity contribution is 6.04. The largest absolute Gasteiger partial charge is 0.344 e. The molecule has 5 rings (SSSR count). The molecule has 0 radical (unpaired) electrons. The first-order chi connectivity index (χ1) is 14.6. The zero-order valence-electron chi connectivity index (χ0n) is 16.4. The highest BCUT2D eigenvalue weighted by atomic mass is 16.5. The lowest BCUT2D eigenvalue weighted by molar-refractivity contribution is -0.122. The van der Waals surface area contributed by atoms with Crippen LogP contribution in [0, 0.1) is 6.92 Å². The number of likely N-dealkylation sites (tertiary alicyclic amines) is 1. The summed E-state index contributed by atoms with van der Waals surface area (Å²) in [6, 6.07) is 5.61. The Kier molecular flexibility index (Phi) is 4.42. The molecule has 1 saturated heterocycles. The van der Waals surface area contributed by atoms with Crippen molar-refractivity contribution in [2.75, 3.05) is 18.4 Å². The Labute approximate surface area is 172 Å². The van der Waals surface area contributed by atoms with Gasteiger partial charge in [0, 0.05) is 37.0 Å². The summed E-state index contributed by atoms with van der Waals surface area (Å²) in [6.45, 7) is 3.12. The molecule has 4 heterocycles. The van der Waals surface area contributed by atoms with E-state index in [1.807, 2.05) is 42.0 Å². The lowest BCUT2D eigenvalue weighted by Crippen LogP contribution is -2.44. The number of allylic oxidation sites excluding steroid dienone is 1. The molecule has 152 valence electrons. The van der Waals surface area contributed by atoms with Crippen LogP contribution in [-0.2, 0) is 11.2 Å². The van der Waals surface area contributed by atoms with Crippen LogP contribution >= 0.6 is 0 Å². The van der Waals surface area contributed by atoms with Crippen LogP contribution in [-0.4, -0.2) is 50.0 Å². The maximum Gasteiger partial charge on any atom is 0.274 e. The summed E-state index contributed by atoms with van der Waals surface area (Å²) >= 11 is 0. The number of carbonyl (C=O) groups is 2. The number of rotatable bonds is 5. The molecule has 1 fully saturated rings. The molecule has 0 aliphatic carbocycles. The third kappa shape index (κ3) is 3.18. The van der Waals surface area contributed by atoms with Crippen LogP contribution in [0.25, 0.3) is 17.7 Å². The summed E-state index contributed by atoms with van der Waals surface area (Å²) < 4.78 is 7.24. The Hall–Kier alpha value is -3.75. The number of anilines is 1. The molecule has 30 heavy (non-hydrogen) atoms. The van der Waals surface area contributed by atoms with E-state index >= 15 is 0 Å².